The van der Waals surface area contributed by atoms with E-state index in [0.717, 1.165) is 11.1 Å². The highest BCUT2D eigenvalue weighted by Crippen LogP contribution is 2.28. The van der Waals surface area contributed by atoms with Gasteiger partial charge in [0.05, 0.1) is 9.79 Å². The molecule has 0 amide bonds. The fourth-order valence-corrected chi connectivity index (χ4v) is 7.39. The van der Waals surface area contributed by atoms with Crippen LogP contribution < -0.4 is 0 Å². The van der Waals surface area contributed by atoms with Crippen LogP contribution in [-0.2, 0) is 25.5 Å². The predicted molar refractivity (Wildman–Crippen MR) is 123 cm³/mol. The van der Waals surface area contributed by atoms with Gasteiger partial charge in [-0.2, -0.15) is 8.61 Å². The molecule has 2 aromatic rings. The predicted octanol–water partition coefficient (Wildman–Crippen LogP) is 3.60. The fourth-order valence-electron chi connectivity index (χ4n) is 4.13. The molecule has 0 radical (unpaired) electrons. The highest BCUT2D eigenvalue weighted by molar-refractivity contribution is 7.89. The third-order valence-electron chi connectivity index (χ3n) is 5.76. The van der Waals surface area contributed by atoms with E-state index in [-0.39, 0.29) is 36.5 Å². The molecule has 1 heterocycles. The first kappa shape index (κ1) is 23.9. The highest BCUT2D eigenvalue weighted by atomic mass is 32.2. The van der Waals surface area contributed by atoms with Crippen molar-refractivity contribution in [2.45, 2.75) is 56.7 Å². The number of piperazine rings is 1. The summed E-state index contributed by atoms with van der Waals surface area (Å²) in [5.74, 6) is 0. The molecule has 1 saturated heterocycles. The van der Waals surface area contributed by atoms with E-state index in [0.29, 0.717) is 16.0 Å². The van der Waals surface area contributed by atoms with Crippen molar-refractivity contribution < 1.29 is 16.8 Å². The van der Waals surface area contributed by atoms with E-state index in [1.54, 1.807) is 26.0 Å². The van der Waals surface area contributed by atoms with Crippen molar-refractivity contribution in [3.05, 3.63) is 58.7 Å². The second-order valence-corrected chi connectivity index (χ2v) is 13.1. The third-order valence-corrected chi connectivity index (χ3v) is 9.88. The number of benzene rings is 2. The summed E-state index contributed by atoms with van der Waals surface area (Å²) >= 11 is 0. The summed E-state index contributed by atoms with van der Waals surface area (Å²) in [6.07, 6.45) is 0. The molecular formula is C23H32N2O4S2. The van der Waals surface area contributed by atoms with Gasteiger partial charge in [0, 0.05) is 26.2 Å². The lowest BCUT2D eigenvalue weighted by Crippen LogP contribution is -2.50. The molecule has 0 unspecified atom stereocenters. The summed E-state index contributed by atoms with van der Waals surface area (Å²) < 4.78 is 55.4. The van der Waals surface area contributed by atoms with Crippen molar-refractivity contribution in [1.82, 2.24) is 8.61 Å². The fraction of sp³-hybridized carbons (Fsp3) is 0.478. The normalized spacial score (nSPS) is 17.1. The van der Waals surface area contributed by atoms with E-state index in [2.05, 4.69) is 20.8 Å². The maximum absolute atomic E-state index is 13.3. The van der Waals surface area contributed by atoms with Gasteiger partial charge >= 0.3 is 0 Å². The number of rotatable bonds is 4. The minimum absolute atomic E-state index is 0.0610. The van der Waals surface area contributed by atoms with Crippen LogP contribution in [0.25, 0.3) is 0 Å². The molecule has 0 N–H and O–H groups in total. The van der Waals surface area contributed by atoms with Gasteiger partial charge in [-0.05, 0) is 55.0 Å². The molecule has 0 aromatic heterocycles. The molecule has 170 valence electrons. The Labute approximate surface area is 187 Å². The van der Waals surface area contributed by atoms with E-state index >= 15 is 0 Å². The molecule has 0 spiro atoms. The number of hydrogen-bond acceptors (Lipinski definition) is 4. The van der Waals surface area contributed by atoms with Crippen LogP contribution in [0.3, 0.4) is 0 Å². The standard InChI is InChI=1S/C23H32N2O4S2/c1-17-15-18(2)22(19(3)16-17)31(28,29)25-13-11-24(12-14-25)30(26,27)21-9-7-20(8-10-21)23(4,5)6/h7-10,15-16H,11-14H2,1-6H3. The van der Waals surface area contributed by atoms with Crippen LogP contribution >= 0.6 is 0 Å². The van der Waals surface area contributed by atoms with Crippen molar-refractivity contribution in [1.29, 1.82) is 0 Å². The first-order chi connectivity index (χ1) is 14.2. The molecule has 31 heavy (non-hydrogen) atoms. The van der Waals surface area contributed by atoms with Gasteiger partial charge in [0.15, 0.2) is 0 Å². The second kappa shape index (κ2) is 8.31. The largest absolute Gasteiger partial charge is 0.243 e. The van der Waals surface area contributed by atoms with Gasteiger partial charge in [-0.25, -0.2) is 16.8 Å². The Morgan fingerprint density at radius 1 is 0.710 bits per heavy atom. The average Bonchev–Trinajstić information content (AvgIpc) is 2.66. The molecule has 1 fully saturated rings. The Morgan fingerprint density at radius 3 is 1.55 bits per heavy atom. The molecule has 0 saturated carbocycles. The van der Waals surface area contributed by atoms with E-state index in [9.17, 15) is 16.8 Å². The lowest BCUT2D eigenvalue weighted by Gasteiger charge is -2.34. The van der Waals surface area contributed by atoms with Crippen molar-refractivity contribution in [2.24, 2.45) is 0 Å². The van der Waals surface area contributed by atoms with Crippen LogP contribution in [0.15, 0.2) is 46.2 Å². The molecule has 3 rings (SSSR count). The summed E-state index contributed by atoms with van der Waals surface area (Å²) in [4.78, 5) is 0.564. The molecule has 0 aliphatic carbocycles. The molecule has 1 aliphatic heterocycles. The van der Waals surface area contributed by atoms with Gasteiger partial charge < -0.3 is 0 Å². The minimum atomic E-state index is -3.68. The topological polar surface area (TPSA) is 74.8 Å². The van der Waals surface area contributed by atoms with E-state index in [1.165, 1.54) is 8.61 Å². The molecule has 1 aliphatic rings. The van der Waals surface area contributed by atoms with Crippen LogP contribution in [0.1, 0.15) is 43.0 Å². The first-order valence-electron chi connectivity index (χ1n) is 10.4. The van der Waals surface area contributed by atoms with Crippen molar-refractivity contribution >= 4 is 20.0 Å². The van der Waals surface area contributed by atoms with Crippen LogP contribution in [-0.4, -0.2) is 51.6 Å². The van der Waals surface area contributed by atoms with Crippen LogP contribution in [0.5, 0.6) is 0 Å². The monoisotopic (exact) mass is 464 g/mol. The Balaban J connectivity index is 1.79. The Morgan fingerprint density at radius 2 is 1.13 bits per heavy atom. The molecular weight excluding hydrogens is 432 g/mol. The van der Waals surface area contributed by atoms with Gasteiger partial charge in [-0.15, -0.1) is 0 Å². The lowest BCUT2D eigenvalue weighted by molar-refractivity contribution is 0.272. The minimum Gasteiger partial charge on any atom is -0.207 e. The van der Waals surface area contributed by atoms with Gasteiger partial charge in [0.25, 0.3) is 0 Å². The SMILES string of the molecule is Cc1cc(C)c(S(=O)(=O)N2CCN(S(=O)(=O)c3ccc(C(C)(C)C)cc3)CC2)c(C)c1. The lowest BCUT2D eigenvalue weighted by atomic mass is 9.87. The van der Waals surface area contributed by atoms with Gasteiger partial charge in [0.2, 0.25) is 20.0 Å². The molecule has 0 atom stereocenters. The Kier molecular flexibility index (Phi) is 6.41. The average molecular weight is 465 g/mol. The third kappa shape index (κ3) is 4.72. The Bertz CT molecular complexity index is 1150. The van der Waals surface area contributed by atoms with E-state index < -0.39 is 20.0 Å². The molecule has 6 nitrogen and oxygen atoms in total. The van der Waals surface area contributed by atoms with Crippen LogP contribution in [0.4, 0.5) is 0 Å². The number of nitrogens with zero attached hydrogens (tertiary/aromatic N) is 2. The van der Waals surface area contributed by atoms with Crippen LogP contribution in [0.2, 0.25) is 0 Å². The van der Waals surface area contributed by atoms with Crippen molar-refractivity contribution in [2.75, 3.05) is 26.2 Å². The maximum Gasteiger partial charge on any atom is 0.243 e. The maximum atomic E-state index is 13.3. The summed E-state index contributed by atoms with van der Waals surface area (Å²) in [6.45, 7) is 12.3. The van der Waals surface area contributed by atoms with E-state index in [1.807, 2.05) is 31.2 Å². The number of aryl methyl sites for hydroxylation is 3. The molecule has 0 bridgehead atoms. The molecule has 2 aromatic carbocycles. The zero-order chi connectivity index (χ0) is 23.2. The smallest absolute Gasteiger partial charge is 0.207 e. The first-order valence-corrected chi connectivity index (χ1v) is 13.3. The summed E-state index contributed by atoms with van der Waals surface area (Å²) in [7, 11) is -7.35. The zero-order valence-corrected chi connectivity index (χ0v) is 20.8. The second-order valence-electron chi connectivity index (χ2n) is 9.31. The quantitative estimate of drug-likeness (QED) is 0.693. The highest BCUT2D eigenvalue weighted by Gasteiger charge is 2.35. The van der Waals surface area contributed by atoms with E-state index in [4.69, 9.17) is 0 Å². The van der Waals surface area contributed by atoms with Gasteiger partial charge in [-0.3, -0.25) is 0 Å². The zero-order valence-electron chi connectivity index (χ0n) is 19.1. The summed E-state index contributed by atoms with van der Waals surface area (Å²) in [5.41, 5.74) is 3.45. The van der Waals surface area contributed by atoms with Crippen LogP contribution in [0, 0.1) is 20.8 Å². The Hall–Kier alpha value is -1.74. The number of hydrogen-bond donors (Lipinski definition) is 0. The summed E-state index contributed by atoms with van der Waals surface area (Å²) in [5, 5.41) is 0. The van der Waals surface area contributed by atoms with Crippen molar-refractivity contribution in [3.63, 3.8) is 0 Å². The molecule has 8 heteroatoms. The van der Waals surface area contributed by atoms with Crippen molar-refractivity contribution in [3.8, 4) is 0 Å². The number of sulfonamides is 2. The van der Waals surface area contributed by atoms with Gasteiger partial charge in [-0.1, -0.05) is 50.6 Å². The van der Waals surface area contributed by atoms with Gasteiger partial charge in [0.1, 0.15) is 0 Å². The summed E-state index contributed by atoms with van der Waals surface area (Å²) in [6, 6.07) is 10.7.